The molecule has 7 nitrogen and oxygen atoms in total. The van der Waals surface area contributed by atoms with E-state index in [0.29, 0.717) is 17.0 Å². The van der Waals surface area contributed by atoms with Gasteiger partial charge in [-0.3, -0.25) is 4.84 Å². The first-order valence-corrected chi connectivity index (χ1v) is 10.2. The molecule has 136 valence electrons. The fraction of sp³-hybridized carbons (Fsp3) is 0.294. The zero-order chi connectivity index (χ0) is 18.4. The van der Waals surface area contributed by atoms with Crippen molar-refractivity contribution in [1.82, 2.24) is 20.1 Å². The predicted molar refractivity (Wildman–Crippen MR) is 102 cm³/mol. The van der Waals surface area contributed by atoms with Gasteiger partial charge in [-0.15, -0.1) is 5.10 Å². The third-order valence-corrected chi connectivity index (χ3v) is 6.47. The summed E-state index contributed by atoms with van der Waals surface area (Å²) in [4.78, 5) is 22.5. The number of benzene rings is 1. The van der Waals surface area contributed by atoms with Crippen LogP contribution in [0.2, 0.25) is 0 Å². The van der Waals surface area contributed by atoms with Crippen molar-refractivity contribution in [1.29, 1.82) is 0 Å². The zero-order valence-electron chi connectivity index (χ0n) is 14.3. The van der Waals surface area contributed by atoms with Crippen molar-refractivity contribution in [2.24, 2.45) is 5.92 Å². The normalized spacial score (nSPS) is 12.3. The molecule has 0 aliphatic carbocycles. The second-order valence-electron chi connectivity index (χ2n) is 5.73. The molecule has 2 aromatic heterocycles. The second-order valence-corrected chi connectivity index (χ2v) is 8.19. The van der Waals surface area contributed by atoms with E-state index in [1.54, 1.807) is 39.9 Å². The molecule has 2 heterocycles. The Labute approximate surface area is 158 Å². The molecule has 3 aromatic rings. The number of rotatable bonds is 7. The van der Waals surface area contributed by atoms with Crippen LogP contribution >= 0.6 is 21.6 Å². The van der Waals surface area contributed by atoms with E-state index in [0.717, 1.165) is 9.87 Å². The number of aromatic nitrogens is 4. The van der Waals surface area contributed by atoms with E-state index in [4.69, 9.17) is 9.57 Å². The first-order chi connectivity index (χ1) is 12.6. The summed E-state index contributed by atoms with van der Waals surface area (Å²) in [6.45, 7) is 4.39. The minimum absolute atomic E-state index is 0.0991. The summed E-state index contributed by atoms with van der Waals surface area (Å²) in [5, 5.41) is 8.74. The number of ether oxygens (including phenoxy) is 1. The van der Waals surface area contributed by atoms with Crippen LogP contribution in [0.25, 0.3) is 11.0 Å². The number of nitrogens with zero attached hydrogens (tertiary/aromatic N) is 4. The monoisotopic (exact) mass is 390 g/mol. The molecular weight excluding hydrogens is 372 g/mol. The molecule has 0 aliphatic rings. The van der Waals surface area contributed by atoms with Crippen LogP contribution in [0.1, 0.15) is 13.8 Å². The van der Waals surface area contributed by atoms with Crippen molar-refractivity contribution in [3.63, 3.8) is 0 Å². The molecule has 0 radical (unpaired) electrons. The highest BCUT2D eigenvalue weighted by Gasteiger charge is 2.19. The minimum Gasteiger partial charge on any atom is -0.431 e. The molecular formula is C17H18N4O3S2. The Bertz CT molecular complexity index is 857. The Morgan fingerprint density at radius 2 is 2.00 bits per heavy atom. The average molecular weight is 390 g/mol. The number of hydrogen-bond acceptors (Lipinski definition) is 8. The predicted octanol–water partition coefficient (Wildman–Crippen LogP) is 3.86. The summed E-state index contributed by atoms with van der Waals surface area (Å²) in [6.07, 6.45) is 0.943. The third kappa shape index (κ3) is 4.89. The van der Waals surface area contributed by atoms with Crippen molar-refractivity contribution in [2.45, 2.75) is 24.1 Å². The molecule has 3 rings (SSSR count). The molecule has 0 fully saturated rings. The number of carbonyl (C=O) groups is 1. The van der Waals surface area contributed by atoms with Gasteiger partial charge in [0, 0.05) is 6.20 Å². The molecule has 1 unspecified atom stereocenters. The smallest absolute Gasteiger partial charge is 0.431 e. The van der Waals surface area contributed by atoms with Gasteiger partial charge in [-0.05, 0) is 46.2 Å². The van der Waals surface area contributed by atoms with E-state index >= 15 is 0 Å². The van der Waals surface area contributed by atoms with Gasteiger partial charge in [0.05, 0.1) is 5.25 Å². The summed E-state index contributed by atoms with van der Waals surface area (Å²) < 4.78 is 5.27. The van der Waals surface area contributed by atoms with Gasteiger partial charge in [-0.1, -0.05) is 47.7 Å². The Morgan fingerprint density at radius 3 is 2.77 bits per heavy atom. The van der Waals surface area contributed by atoms with Gasteiger partial charge in [0.2, 0.25) is 0 Å². The molecule has 1 aromatic carbocycles. The van der Waals surface area contributed by atoms with Crippen molar-refractivity contribution < 1.29 is 14.4 Å². The lowest BCUT2D eigenvalue weighted by molar-refractivity contribution is 0.0382. The summed E-state index contributed by atoms with van der Waals surface area (Å²) in [6, 6.07) is 13.0. The van der Waals surface area contributed by atoms with Gasteiger partial charge >= 0.3 is 6.16 Å². The van der Waals surface area contributed by atoms with Crippen LogP contribution in [0.3, 0.4) is 0 Å². The van der Waals surface area contributed by atoms with E-state index < -0.39 is 6.16 Å². The maximum atomic E-state index is 12.0. The Morgan fingerprint density at radius 1 is 1.19 bits per heavy atom. The van der Waals surface area contributed by atoms with Crippen LogP contribution in [0.5, 0.6) is 0 Å². The van der Waals surface area contributed by atoms with E-state index in [2.05, 4.69) is 29.1 Å². The highest BCUT2D eigenvalue weighted by molar-refractivity contribution is 8.76. The molecule has 0 saturated heterocycles. The van der Waals surface area contributed by atoms with Gasteiger partial charge in [-0.2, -0.15) is 0 Å². The lowest BCUT2D eigenvalue weighted by Gasteiger charge is -2.18. The molecule has 9 heteroatoms. The first kappa shape index (κ1) is 18.5. The van der Waals surface area contributed by atoms with Crippen LogP contribution in [-0.2, 0) is 4.74 Å². The van der Waals surface area contributed by atoms with Crippen molar-refractivity contribution in [2.75, 3.05) is 6.61 Å². The van der Waals surface area contributed by atoms with Gasteiger partial charge < -0.3 is 4.74 Å². The number of fused-ring (bicyclic) bond motifs is 1. The SMILES string of the molecule is CC(C)C(COC(=O)On1nnc2ccccc21)SSc1ccccn1. The van der Waals surface area contributed by atoms with Gasteiger partial charge in [0.1, 0.15) is 22.7 Å². The molecule has 1 atom stereocenters. The quantitative estimate of drug-likeness (QED) is 0.342. The maximum Gasteiger partial charge on any atom is 0.535 e. The number of para-hydroxylation sites is 1. The molecule has 0 saturated carbocycles. The van der Waals surface area contributed by atoms with Crippen LogP contribution < -0.4 is 4.84 Å². The lowest BCUT2D eigenvalue weighted by atomic mass is 10.1. The van der Waals surface area contributed by atoms with Gasteiger partial charge in [0.25, 0.3) is 0 Å². The van der Waals surface area contributed by atoms with Crippen molar-refractivity contribution in [3.05, 3.63) is 48.7 Å². The largest absolute Gasteiger partial charge is 0.535 e. The van der Waals surface area contributed by atoms with Gasteiger partial charge in [0.15, 0.2) is 0 Å². The van der Waals surface area contributed by atoms with Crippen LogP contribution in [-0.4, -0.2) is 38.2 Å². The molecule has 0 aliphatic heterocycles. The van der Waals surface area contributed by atoms with Crippen LogP contribution in [0.4, 0.5) is 4.79 Å². The van der Waals surface area contributed by atoms with Crippen molar-refractivity contribution in [3.8, 4) is 0 Å². The van der Waals surface area contributed by atoms with Gasteiger partial charge in [-0.25, -0.2) is 9.78 Å². The number of pyridine rings is 1. The van der Waals surface area contributed by atoms with E-state index in [-0.39, 0.29) is 11.9 Å². The fourth-order valence-corrected chi connectivity index (χ4v) is 4.60. The molecule has 0 bridgehead atoms. The topological polar surface area (TPSA) is 79.1 Å². The minimum atomic E-state index is -0.810. The van der Waals surface area contributed by atoms with E-state index in [1.165, 1.54) is 0 Å². The van der Waals surface area contributed by atoms with E-state index in [9.17, 15) is 4.79 Å². The zero-order valence-corrected chi connectivity index (χ0v) is 15.9. The third-order valence-electron chi connectivity index (χ3n) is 3.49. The molecule has 0 spiro atoms. The Hall–Kier alpha value is -2.26. The Kier molecular flexibility index (Phi) is 6.35. The van der Waals surface area contributed by atoms with Crippen molar-refractivity contribution >= 4 is 38.8 Å². The summed E-state index contributed by atoms with van der Waals surface area (Å²) in [5.41, 5.74) is 1.24. The molecule has 0 amide bonds. The van der Waals surface area contributed by atoms with Crippen LogP contribution in [0, 0.1) is 5.92 Å². The second kappa shape index (κ2) is 8.91. The summed E-state index contributed by atoms with van der Waals surface area (Å²) in [7, 11) is 3.18. The summed E-state index contributed by atoms with van der Waals surface area (Å²) in [5.74, 6) is 0.316. The standard InChI is InChI=1S/C17H18N4O3S2/c1-12(2)15(25-26-16-9-5-6-10-18-16)11-23-17(22)24-21-14-8-4-3-7-13(14)19-20-21/h3-10,12,15H,11H2,1-2H3. The number of hydrogen-bond donors (Lipinski definition) is 0. The Balaban J connectivity index is 1.52. The first-order valence-electron chi connectivity index (χ1n) is 8.03. The lowest BCUT2D eigenvalue weighted by Crippen LogP contribution is -2.26. The van der Waals surface area contributed by atoms with E-state index in [1.807, 2.05) is 30.3 Å². The molecule has 26 heavy (non-hydrogen) atoms. The summed E-state index contributed by atoms with van der Waals surface area (Å²) >= 11 is 0. The number of carbonyl (C=O) groups excluding carboxylic acids is 1. The molecule has 0 N–H and O–H groups in total. The fourth-order valence-electron chi connectivity index (χ4n) is 2.00. The maximum absolute atomic E-state index is 12.0. The average Bonchev–Trinajstić information content (AvgIpc) is 3.05. The van der Waals surface area contributed by atoms with Crippen LogP contribution in [0.15, 0.2) is 53.7 Å². The highest BCUT2D eigenvalue weighted by Crippen LogP contribution is 2.36. The highest BCUT2D eigenvalue weighted by atomic mass is 33.1.